The van der Waals surface area contributed by atoms with Crippen molar-refractivity contribution in [2.75, 3.05) is 0 Å². The van der Waals surface area contributed by atoms with E-state index in [9.17, 15) is 5.11 Å². The van der Waals surface area contributed by atoms with Gasteiger partial charge in [-0.25, -0.2) is 0 Å². The largest absolute Gasteiger partial charge is 0.392 e. The molecule has 0 aliphatic carbocycles. The van der Waals surface area contributed by atoms with Crippen LogP contribution in [0.1, 0.15) is 25.8 Å². The summed E-state index contributed by atoms with van der Waals surface area (Å²) in [5.41, 5.74) is 0.923. The normalized spacial score (nSPS) is 13.9. The van der Waals surface area contributed by atoms with Crippen LogP contribution >= 0.6 is 0 Å². The number of aliphatic hydroxyl groups is 1. The predicted octanol–water partition coefficient (Wildman–Crippen LogP) is 3.66. The van der Waals surface area contributed by atoms with Gasteiger partial charge in [-0.1, -0.05) is 62.4 Å². The first-order chi connectivity index (χ1) is 7.56. The maximum absolute atomic E-state index is 9.93. The molecule has 0 fully saturated rings. The van der Waals surface area contributed by atoms with Crippen LogP contribution in [0, 0.1) is 5.41 Å². The zero-order chi connectivity index (χ0) is 12.0. The maximum Gasteiger partial charge on any atom is 0.0659 e. The average molecular weight is 216 g/mol. The van der Waals surface area contributed by atoms with Crippen LogP contribution in [0.25, 0.3) is 6.08 Å². The van der Waals surface area contributed by atoms with Crippen LogP contribution < -0.4 is 0 Å². The van der Waals surface area contributed by atoms with Gasteiger partial charge in [-0.05, 0) is 12.0 Å². The zero-order valence-electron chi connectivity index (χ0n) is 10.1. The van der Waals surface area contributed by atoms with Crippen molar-refractivity contribution >= 4 is 6.08 Å². The summed E-state index contributed by atoms with van der Waals surface area (Å²) >= 11 is 0. The predicted molar refractivity (Wildman–Crippen MR) is 70.1 cm³/mol. The molecule has 0 heterocycles. The Balaban J connectivity index is 2.52. The first-order valence-electron chi connectivity index (χ1n) is 5.59. The summed E-state index contributed by atoms with van der Waals surface area (Å²) in [7, 11) is 0. The Hall–Kier alpha value is -1.34. The fourth-order valence-electron chi connectivity index (χ4n) is 1.34. The summed E-state index contributed by atoms with van der Waals surface area (Å²) in [5.74, 6) is 0. The lowest BCUT2D eigenvalue weighted by atomic mass is 9.85. The molecule has 86 valence electrons. The third-order valence-corrected chi connectivity index (χ3v) is 2.85. The highest BCUT2D eigenvalue weighted by molar-refractivity contribution is 5.48. The van der Waals surface area contributed by atoms with Gasteiger partial charge in [0.25, 0.3) is 0 Å². The molecule has 1 aromatic carbocycles. The first kappa shape index (κ1) is 12.7. The highest BCUT2D eigenvalue weighted by Gasteiger charge is 2.22. The van der Waals surface area contributed by atoms with Gasteiger partial charge in [0.1, 0.15) is 0 Å². The molecular formula is C15H20O. The summed E-state index contributed by atoms with van der Waals surface area (Å²) in [6.07, 6.45) is 6.10. The molecule has 16 heavy (non-hydrogen) atoms. The van der Waals surface area contributed by atoms with Crippen LogP contribution in [0.3, 0.4) is 0 Å². The number of benzene rings is 1. The van der Waals surface area contributed by atoms with E-state index in [1.165, 1.54) is 0 Å². The van der Waals surface area contributed by atoms with E-state index in [4.69, 9.17) is 0 Å². The van der Waals surface area contributed by atoms with Gasteiger partial charge in [-0.2, -0.15) is 0 Å². The summed E-state index contributed by atoms with van der Waals surface area (Å²) in [5, 5.41) is 9.93. The van der Waals surface area contributed by atoms with E-state index in [2.05, 4.69) is 6.58 Å². The van der Waals surface area contributed by atoms with Crippen molar-refractivity contribution in [3.8, 4) is 0 Å². The Bertz CT molecular complexity index is 349. The van der Waals surface area contributed by atoms with E-state index in [-0.39, 0.29) is 11.5 Å². The van der Waals surface area contributed by atoms with E-state index in [0.29, 0.717) is 6.42 Å². The fourth-order valence-corrected chi connectivity index (χ4v) is 1.34. The van der Waals surface area contributed by atoms with E-state index in [1.807, 2.05) is 56.3 Å². The maximum atomic E-state index is 9.93. The smallest absolute Gasteiger partial charge is 0.0659 e. The molecule has 1 heteroatoms. The molecule has 1 N–H and O–H groups in total. The summed E-state index contributed by atoms with van der Waals surface area (Å²) in [4.78, 5) is 0. The van der Waals surface area contributed by atoms with E-state index in [0.717, 1.165) is 5.56 Å². The van der Waals surface area contributed by atoms with Crippen molar-refractivity contribution in [3.05, 3.63) is 54.6 Å². The van der Waals surface area contributed by atoms with Crippen molar-refractivity contribution in [2.45, 2.75) is 26.4 Å². The SMILES string of the molecule is C=CC(C)(C)C(O)C/C=C/c1ccccc1. The van der Waals surface area contributed by atoms with Gasteiger partial charge in [0, 0.05) is 5.41 Å². The van der Waals surface area contributed by atoms with Crippen molar-refractivity contribution in [1.82, 2.24) is 0 Å². The molecule has 0 spiro atoms. The quantitative estimate of drug-likeness (QED) is 0.745. The minimum Gasteiger partial charge on any atom is -0.392 e. The van der Waals surface area contributed by atoms with Gasteiger partial charge in [0.2, 0.25) is 0 Å². The molecular weight excluding hydrogens is 196 g/mol. The molecule has 0 aliphatic rings. The summed E-state index contributed by atoms with van der Waals surface area (Å²) < 4.78 is 0. The number of aliphatic hydroxyl groups excluding tert-OH is 1. The van der Waals surface area contributed by atoms with E-state index >= 15 is 0 Å². The Morgan fingerprint density at radius 3 is 2.50 bits per heavy atom. The van der Waals surface area contributed by atoms with Gasteiger partial charge in [-0.3, -0.25) is 0 Å². The minimum absolute atomic E-state index is 0.235. The molecule has 0 bridgehead atoms. The van der Waals surface area contributed by atoms with Gasteiger partial charge in [0.15, 0.2) is 0 Å². The molecule has 1 rings (SSSR count). The van der Waals surface area contributed by atoms with Gasteiger partial charge < -0.3 is 5.11 Å². The molecule has 1 atom stereocenters. The highest BCUT2D eigenvalue weighted by atomic mass is 16.3. The molecule has 1 unspecified atom stereocenters. The first-order valence-corrected chi connectivity index (χ1v) is 5.59. The molecule has 1 nitrogen and oxygen atoms in total. The van der Waals surface area contributed by atoms with Crippen molar-refractivity contribution < 1.29 is 5.11 Å². The summed E-state index contributed by atoms with van der Waals surface area (Å²) in [6, 6.07) is 10.1. The van der Waals surface area contributed by atoms with Crippen molar-refractivity contribution in [1.29, 1.82) is 0 Å². The average Bonchev–Trinajstić information content (AvgIpc) is 2.30. The molecule has 0 aliphatic heterocycles. The second kappa shape index (κ2) is 5.66. The topological polar surface area (TPSA) is 20.2 Å². The number of hydrogen-bond acceptors (Lipinski definition) is 1. The van der Waals surface area contributed by atoms with Crippen LogP contribution in [0.4, 0.5) is 0 Å². The van der Waals surface area contributed by atoms with Gasteiger partial charge >= 0.3 is 0 Å². The fraction of sp³-hybridized carbons (Fsp3) is 0.333. The van der Waals surface area contributed by atoms with Gasteiger partial charge in [0.05, 0.1) is 6.10 Å². The lowest BCUT2D eigenvalue weighted by molar-refractivity contribution is 0.0852. The second-order valence-electron chi connectivity index (χ2n) is 4.59. The molecule has 0 radical (unpaired) electrons. The number of hydrogen-bond donors (Lipinski definition) is 1. The third-order valence-electron chi connectivity index (χ3n) is 2.85. The van der Waals surface area contributed by atoms with Crippen LogP contribution in [0.2, 0.25) is 0 Å². The van der Waals surface area contributed by atoms with Crippen LogP contribution in [0.5, 0.6) is 0 Å². The van der Waals surface area contributed by atoms with Crippen LogP contribution in [-0.4, -0.2) is 11.2 Å². The van der Waals surface area contributed by atoms with E-state index < -0.39 is 0 Å². The van der Waals surface area contributed by atoms with Crippen LogP contribution in [-0.2, 0) is 0 Å². The lowest BCUT2D eigenvalue weighted by Gasteiger charge is -2.25. The summed E-state index contributed by atoms with van der Waals surface area (Å²) in [6.45, 7) is 7.71. The van der Waals surface area contributed by atoms with Gasteiger partial charge in [-0.15, -0.1) is 6.58 Å². The van der Waals surface area contributed by atoms with Crippen molar-refractivity contribution in [3.63, 3.8) is 0 Å². The van der Waals surface area contributed by atoms with E-state index in [1.54, 1.807) is 6.08 Å². The molecule has 0 saturated heterocycles. The number of rotatable bonds is 5. The molecule has 0 amide bonds. The highest BCUT2D eigenvalue weighted by Crippen LogP contribution is 2.24. The molecule has 0 aromatic heterocycles. The Morgan fingerprint density at radius 1 is 1.31 bits per heavy atom. The molecule has 1 aromatic rings. The Labute approximate surface area is 98.1 Å². The minimum atomic E-state index is -0.384. The van der Waals surface area contributed by atoms with Crippen molar-refractivity contribution in [2.24, 2.45) is 5.41 Å². The zero-order valence-corrected chi connectivity index (χ0v) is 10.1. The van der Waals surface area contributed by atoms with Crippen LogP contribution in [0.15, 0.2) is 49.1 Å². The monoisotopic (exact) mass is 216 g/mol. The molecule has 0 saturated carbocycles. The standard InChI is InChI=1S/C15H20O/c1-4-15(2,3)14(16)12-8-11-13-9-6-5-7-10-13/h4-11,14,16H,1,12H2,2-3H3/b11-8+. The second-order valence-corrected chi connectivity index (χ2v) is 4.59. The Kier molecular flexibility index (Phi) is 4.51. The lowest BCUT2D eigenvalue weighted by Crippen LogP contribution is -2.26. The Morgan fingerprint density at radius 2 is 1.94 bits per heavy atom. The third kappa shape index (κ3) is 3.67.